The minimum atomic E-state index is -0.302. The van der Waals surface area contributed by atoms with Crippen LogP contribution in [0.25, 0.3) is 0 Å². The fourth-order valence-corrected chi connectivity index (χ4v) is 2.79. The molecule has 1 aromatic carbocycles. The number of rotatable bonds is 8. The first-order valence-corrected chi connectivity index (χ1v) is 9.08. The number of hydrogen-bond donors (Lipinski definition) is 1. The molecule has 0 atom stereocenters. The van der Waals surface area contributed by atoms with Crippen molar-refractivity contribution in [1.29, 1.82) is 5.26 Å². The smallest absolute Gasteiger partial charge is 0.126 e. The number of nitrogens with zero attached hydrogens (tertiary/aromatic N) is 1. The van der Waals surface area contributed by atoms with Crippen LogP contribution in [0.3, 0.4) is 0 Å². The topological polar surface area (TPSA) is 35.8 Å². The van der Waals surface area contributed by atoms with Gasteiger partial charge in [-0.2, -0.15) is 5.26 Å². The van der Waals surface area contributed by atoms with Crippen molar-refractivity contribution in [3.63, 3.8) is 0 Å². The maximum Gasteiger partial charge on any atom is 0.126 e. The largest absolute Gasteiger partial charge is 0.356 e. The van der Waals surface area contributed by atoms with E-state index in [1.165, 1.54) is 17.2 Å². The van der Waals surface area contributed by atoms with E-state index in [-0.39, 0.29) is 11.2 Å². The Balaban J connectivity index is 2.97. The number of benzene rings is 1. The molecule has 0 fully saturated rings. The van der Waals surface area contributed by atoms with Gasteiger partial charge in [0.25, 0.3) is 0 Å². The number of nitrogens with one attached hydrogen (secondary N) is 1. The maximum absolute atomic E-state index is 13.4. The molecule has 0 aromatic heterocycles. The molecule has 3 heteroatoms. The van der Waals surface area contributed by atoms with E-state index in [1.807, 2.05) is 20.8 Å². The molecule has 0 aliphatic carbocycles. The lowest BCUT2D eigenvalue weighted by Gasteiger charge is -2.19. The lowest BCUT2D eigenvalue weighted by Crippen LogP contribution is -2.08. The Hall–Kier alpha value is -2.34. The van der Waals surface area contributed by atoms with Gasteiger partial charge in [0.15, 0.2) is 0 Å². The average Bonchev–Trinajstić information content (AvgIpc) is 2.60. The molecule has 0 spiro atoms. The van der Waals surface area contributed by atoms with Crippen molar-refractivity contribution in [2.24, 2.45) is 5.41 Å². The summed E-state index contributed by atoms with van der Waals surface area (Å²) in [6, 6.07) is 7.33. The Kier molecular flexibility index (Phi) is 7.83. The van der Waals surface area contributed by atoms with Crippen molar-refractivity contribution in [2.45, 2.75) is 60.8 Å². The molecule has 1 aromatic rings. The van der Waals surface area contributed by atoms with Crippen molar-refractivity contribution < 1.29 is 4.39 Å². The van der Waals surface area contributed by atoms with Gasteiger partial charge in [0.2, 0.25) is 0 Å². The van der Waals surface area contributed by atoms with E-state index in [0.717, 1.165) is 36.2 Å². The minimum Gasteiger partial charge on any atom is -0.356 e. The number of nitriles is 1. The fraction of sp³-hybridized carbons (Fsp3) is 0.435. The molecule has 0 saturated carbocycles. The number of allylic oxidation sites excluding steroid dienone is 4. The summed E-state index contributed by atoms with van der Waals surface area (Å²) in [5.41, 5.74) is 5.51. The summed E-state index contributed by atoms with van der Waals surface area (Å²) in [7, 11) is 0. The van der Waals surface area contributed by atoms with E-state index in [9.17, 15) is 9.65 Å². The van der Waals surface area contributed by atoms with Crippen LogP contribution in [0.15, 0.2) is 53.3 Å². The third-order valence-corrected chi connectivity index (χ3v) is 4.80. The van der Waals surface area contributed by atoms with Gasteiger partial charge < -0.3 is 5.32 Å². The summed E-state index contributed by atoms with van der Waals surface area (Å²) in [6.45, 7) is 16.1. The van der Waals surface area contributed by atoms with E-state index >= 15 is 0 Å². The summed E-state index contributed by atoms with van der Waals surface area (Å²) in [5, 5.41) is 12.5. The van der Waals surface area contributed by atoms with Crippen LogP contribution >= 0.6 is 0 Å². The van der Waals surface area contributed by atoms with Crippen molar-refractivity contribution >= 4 is 5.69 Å². The first kappa shape index (κ1) is 21.7. The molecular formula is C23H31FN2. The summed E-state index contributed by atoms with van der Waals surface area (Å²) in [4.78, 5) is 0. The molecule has 0 aliphatic rings. The molecule has 0 aliphatic heterocycles. The van der Waals surface area contributed by atoms with Gasteiger partial charge in [-0.1, -0.05) is 18.2 Å². The zero-order valence-corrected chi connectivity index (χ0v) is 17.0. The average molecular weight is 355 g/mol. The van der Waals surface area contributed by atoms with E-state index < -0.39 is 0 Å². The second-order valence-corrected chi connectivity index (χ2v) is 7.49. The Bertz CT molecular complexity index is 761. The first-order valence-electron chi connectivity index (χ1n) is 9.08. The van der Waals surface area contributed by atoms with Crippen LogP contribution in [0, 0.1) is 29.5 Å². The normalized spacial score (nSPS) is 13.1. The number of anilines is 1. The third kappa shape index (κ3) is 6.19. The molecule has 140 valence electrons. The van der Waals surface area contributed by atoms with Crippen molar-refractivity contribution in [3.05, 3.63) is 64.7 Å². The monoisotopic (exact) mass is 354 g/mol. The molecule has 0 saturated heterocycles. The highest BCUT2D eigenvalue weighted by molar-refractivity contribution is 5.55. The lowest BCUT2D eigenvalue weighted by atomic mass is 9.86. The van der Waals surface area contributed by atoms with Crippen LogP contribution in [0.4, 0.5) is 10.1 Å². The number of aryl methyl sites for hydroxylation is 1. The Labute approximate surface area is 158 Å². The predicted molar refractivity (Wildman–Crippen MR) is 109 cm³/mol. The molecule has 0 radical (unpaired) electrons. The maximum atomic E-state index is 13.4. The molecule has 0 amide bonds. The van der Waals surface area contributed by atoms with E-state index in [4.69, 9.17) is 0 Å². The number of hydrogen-bond acceptors (Lipinski definition) is 2. The molecule has 0 bridgehead atoms. The molecule has 2 nitrogen and oxygen atoms in total. The SMILES string of the molecule is C=C(Nc1ccc(F)c(C)c1)/C(C)=C(CCCC(C)(C)C#N)/C(C)=C\C. The van der Waals surface area contributed by atoms with Crippen LogP contribution < -0.4 is 5.32 Å². The predicted octanol–water partition coefficient (Wildman–Crippen LogP) is 7.06. The molecule has 0 heterocycles. The molecule has 1 rings (SSSR count). The van der Waals surface area contributed by atoms with E-state index in [1.54, 1.807) is 19.1 Å². The summed E-state index contributed by atoms with van der Waals surface area (Å²) in [5.74, 6) is -0.209. The second kappa shape index (κ2) is 9.38. The van der Waals surface area contributed by atoms with Gasteiger partial charge in [0.1, 0.15) is 5.82 Å². The van der Waals surface area contributed by atoms with Gasteiger partial charge in [-0.25, -0.2) is 4.39 Å². The highest BCUT2D eigenvalue weighted by Crippen LogP contribution is 2.29. The van der Waals surface area contributed by atoms with E-state index in [2.05, 4.69) is 37.9 Å². The fourth-order valence-electron chi connectivity index (χ4n) is 2.79. The quantitative estimate of drug-likeness (QED) is 0.507. The first-order chi connectivity index (χ1) is 12.1. The molecular weight excluding hydrogens is 323 g/mol. The highest BCUT2D eigenvalue weighted by atomic mass is 19.1. The van der Waals surface area contributed by atoms with Crippen LogP contribution in [-0.4, -0.2) is 0 Å². The number of halogens is 1. The molecule has 26 heavy (non-hydrogen) atoms. The Morgan fingerprint density at radius 1 is 1.35 bits per heavy atom. The van der Waals surface area contributed by atoms with Crippen LogP contribution in [0.2, 0.25) is 0 Å². The van der Waals surface area contributed by atoms with Crippen molar-refractivity contribution in [1.82, 2.24) is 0 Å². The zero-order valence-electron chi connectivity index (χ0n) is 17.0. The summed E-state index contributed by atoms with van der Waals surface area (Å²) >= 11 is 0. The van der Waals surface area contributed by atoms with Crippen LogP contribution in [0.1, 0.15) is 59.4 Å². The van der Waals surface area contributed by atoms with Crippen molar-refractivity contribution in [3.8, 4) is 6.07 Å². The van der Waals surface area contributed by atoms with Crippen molar-refractivity contribution in [2.75, 3.05) is 5.32 Å². The van der Waals surface area contributed by atoms with Gasteiger partial charge in [-0.15, -0.1) is 0 Å². The molecule has 1 N–H and O–H groups in total. The standard InChI is InChI=1S/C23H31FN2/c1-8-16(2)21(10-9-13-23(6,7)15-25)18(4)19(5)26-20-11-12-22(24)17(3)14-20/h8,11-12,14,26H,5,9-10,13H2,1-4,6-7H3/b16-8-,21-18+. The minimum absolute atomic E-state index is 0.209. The van der Waals surface area contributed by atoms with Gasteiger partial charge in [-0.05, 0) is 95.7 Å². The van der Waals surface area contributed by atoms with Gasteiger partial charge >= 0.3 is 0 Å². The molecule has 0 unspecified atom stereocenters. The summed E-state index contributed by atoms with van der Waals surface area (Å²) < 4.78 is 13.4. The van der Waals surface area contributed by atoms with Gasteiger partial charge in [-0.3, -0.25) is 0 Å². The Morgan fingerprint density at radius 2 is 2.00 bits per heavy atom. The third-order valence-electron chi connectivity index (χ3n) is 4.80. The van der Waals surface area contributed by atoms with Gasteiger partial charge in [0.05, 0.1) is 11.5 Å². The summed E-state index contributed by atoms with van der Waals surface area (Å²) in [6.07, 6.45) is 4.80. The lowest BCUT2D eigenvalue weighted by molar-refractivity contribution is 0.435. The Morgan fingerprint density at radius 3 is 2.54 bits per heavy atom. The van der Waals surface area contributed by atoms with Crippen LogP contribution in [0.5, 0.6) is 0 Å². The van der Waals surface area contributed by atoms with E-state index in [0.29, 0.717) is 5.56 Å². The van der Waals surface area contributed by atoms with Gasteiger partial charge in [0, 0.05) is 11.4 Å². The highest BCUT2D eigenvalue weighted by Gasteiger charge is 2.17. The second-order valence-electron chi connectivity index (χ2n) is 7.49. The zero-order chi connectivity index (χ0) is 19.9. The van der Waals surface area contributed by atoms with Crippen LogP contribution in [-0.2, 0) is 0 Å².